The van der Waals surface area contributed by atoms with E-state index in [4.69, 9.17) is 0 Å². The van der Waals surface area contributed by atoms with Gasteiger partial charge in [0.1, 0.15) is 0 Å². The second-order valence-corrected chi connectivity index (χ2v) is 11.5. The van der Waals surface area contributed by atoms with Crippen LogP contribution >= 0.6 is 0 Å². The van der Waals surface area contributed by atoms with Crippen molar-refractivity contribution in [3.63, 3.8) is 0 Å². The van der Waals surface area contributed by atoms with Crippen molar-refractivity contribution in [3.8, 4) is 0 Å². The summed E-state index contributed by atoms with van der Waals surface area (Å²) in [5, 5.41) is 0. The van der Waals surface area contributed by atoms with Crippen LogP contribution in [0.25, 0.3) is 0 Å². The molecule has 2 heteroatoms. The molecule has 2 atom stereocenters. The largest absolute Gasteiger partial charge is 0.286 e. The molecule has 6 aromatic rings. The molecule has 6 rings (SSSR count). The van der Waals surface area contributed by atoms with Crippen LogP contribution in [0.4, 0.5) is 0 Å². The van der Waals surface area contributed by atoms with Crippen molar-refractivity contribution in [1.29, 1.82) is 0 Å². The molecule has 0 aliphatic carbocycles. The summed E-state index contributed by atoms with van der Waals surface area (Å²) in [6, 6.07) is 66.1. The molecule has 44 heavy (non-hydrogen) atoms. The normalized spacial score (nSPS) is 12.7. The van der Waals surface area contributed by atoms with Gasteiger partial charge in [0.25, 0.3) is 0 Å². The van der Waals surface area contributed by atoms with Crippen molar-refractivity contribution >= 4 is 0 Å². The van der Waals surface area contributed by atoms with Gasteiger partial charge >= 0.3 is 0 Å². The molecule has 0 amide bonds. The van der Waals surface area contributed by atoms with Gasteiger partial charge in [-0.3, -0.25) is 9.80 Å². The van der Waals surface area contributed by atoms with Crippen molar-refractivity contribution in [2.75, 3.05) is 0 Å². The highest BCUT2D eigenvalue weighted by molar-refractivity contribution is 5.31. The zero-order valence-corrected chi connectivity index (χ0v) is 25.2. The molecule has 0 aromatic heterocycles. The zero-order chi connectivity index (χ0) is 29.8. The average Bonchev–Trinajstić information content (AvgIpc) is 3.09. The van der Waals surface area contributed by atoms with E-state index in [1.54, 1.807) is 0 Å². The topological polar surface area (TPSA) is 6.48 Å². The Morgan fingerprint density at radius 2 is 0.477 bits per heavy atom. The highest BCUT2D eigenvalue weighted by Gasteiger charge is 2.35. The van der Waals surface area contributed by atoms with Gasteiger partial charge in [-0.25, -0.2) is 0 Å². The van der Waals surface area contributed by atoms with E-state index in [2.05, 4.69) is 192 Å². The minimum absolute atomic E-state index is 0.0754. The lowest BCUT2D eigenvalue weighted by atomic mass is 9.89. The highest BCUT2D eigenvalue weighted by atomic mass is 15.2. The third-order valence-electron chi connectivity index (χ3n) is 8.28. The summed E-state index contributed by atoms with van der Waals surface area (Å²) in [4.78, 5) is 5.36. The van der Waals surface area contributed by atoms with Gasteiger partial charge in [0.05, 0.1) is 12.1 Å². The van der Waals surface area contributed by atoms with Crippen molar-refractivity contribution in [1.82, 2.24) is 9.80 Å². The Morgan fingerprint density at radius 1 is 0.273 bits per heavy atom. The number of benzene rings is 6. The number of hydrogen-bond acceptors (Lipinski definition) is 2. The molecule has 0 saturated heterocycles. The first-order chi connectivity index (χ1) is 21.8. The first kappa shape index (κ1) is 29.3. The van der Waals surface area contributed by atoms with Crippen molar-refractivity contribution < 1.29 is 0 Å². The summed E-state index contributed by atoms with van der Waals surface area (Å²) in [5.41, 5.74) is 7.89. The molecule has 0 radical (unpaired) electrons. The van der Waals surface area contributed by atoms with Crippen LogP contribution in [0.2, 0.25) is 0 Å². The average molecular weight is 573 g/mol. The lowest BCUT2D eigenvalue weighted by Gasteiger charge is -2.43. The summed E-state index contributed by atoms with van der Waals surface area (Å²) < 4.78 is 0. The molecule has 0 aliphatic rings. The summed E-state index contributed by atoms with van der Waals surface area (Å²) >= 11 is 0. The Kier molecular flexibility index (Phi) is 10.1. The zero-order valence-electron chi connectivity index (χ0n) is 25.2. The minimum atomic E-state index is 0.0754. The van der Waals surface area contributed by atoms with Crippen LogP contribution in [0.15, 0.2) is 182 Å². The minimum Gasteiger partial charge on any atom is -0.286 e. The quantitative estimate of drug-likeness (QED) is 0.136. The third kappa shape index (κ3) is 7.79. The standard InChI is InChI=1S/C42H40N2/c1-7-19-35(20-8-1)31-43(32-36-21-9-2-10-22-36)41(39-27-15-5-16-28-39)42(40-29-17-6-18-30-40)44(33-37-23-11-3-12-24-37)34-38-25-13-4-14-26-38/h1-30,41-42H,31-34H2/t41-,42+. The van der Waals surface area contributed by atoms with E-state index in [1.165, 1.54) is 33.4 Å². The maximum absolute atomic E-state index is 2.68. The highest BCUT2D eigenvalue weighted by Crippen LogP contribution is 2.41. The number of rotatable bonds is 13. The molecule has 0 bridgehead atoms. The molecule has 0 heterocycles. The van der Waals surface area contributed by atoms with E-state index in [-0.39, 0.29) is 12.1 Å². The Balaban J connectivity index is 1.52. The fourth-order valence-electron chi connectivity index (χ4n) is 6.26. The van der Waals surface area contributed by atoms with Crippen molar-refractivity contribution in [3.05, 3.63) is 215 Å². The van der Waals surface area contributed by atoms with Gasteiger partial charge in [-0.1, -0.05) is 182 Å². The maximum atomic E-state index is 2.68. The Labute approximate surface area is 262 Å². The van der Waals surface area contributed by atoms with Crippen molar-refractivity contribution in [2.45, 2.75) is 38.3 Å². The molecule has 0 N–H and O–H groups in total. The second kappa shape index (κ2) is 15.1. The van der Waals surface area contributed by atoms with E-state index >= 15 is 0 Å². The van der Waals surface area contributed by atoms with E-state index in [0.717, 1.165) is 26.2 Å². The van der Waals surface area contributed by atoms with Gasteiger partial charge in [-0.05, 0) is 33.4 Å². The molecule has 6 aromatic carbocycles. The fraction of sp³-hybridized carbons (Fsp3) is 0.143. The van der Waals surface area contributed by atoms with E-state index in [0.29, 0.717) is 0 Å². The summed E-state index contributed by atoms with van der Waals surface area (Å²) in [6.07, 6.45) is 0. The molecule has 0 spiro atoms. The summed E-state index contributed by atoms with van der Waals surface area (Å²) in [7, 11) is 0. The van der Waals surface area contributed by atoms with Gasteiger partial charge in [-0.15, -0.1) is 0 Å². The molecule has 0 aliphatic heterocycles. The van der Waals surface area contributed by atoms with Gasteiger partial charge < -0.3 is 0 Å². The van der Waals surface area contributed by atoms with Crippen LogP contribution in [-0.4, -0.2) is 9.80 Å². The third-order valence-corrected chi connectivity index (χ3v) is 8.28. The Bertz CT molecular complexity index is 1430. The second-order valence-electron chi connectivity index (χ2n) is 11.5. The lowest BCUT2D eigenvalue weighted by molar-refractivity contribution is 0.0546. The van der Waals surface area contributed by atoms with E-state index in [9.17, 15) is 0 Å². The van der Waals surface area contributed by atoms with Crippen LogP contribution in [0.1, 0.15) is 45.5 Å². The maximum Gasteiger partial charge on any atom is 0.0552 e. The molecule has 218 valence electrons. The van der Waals surface area contributed by atoms with Crippen LogP contribution < -0.4 is 0 Å². The van der Waals surface area contributed by atoms with Crippen LogP contribution in [0.3, 0.4) is 0 Å². The fourth-order valence-corrected chi connectivity index (χ4v) is 6.26. The smallest absolute Gasteiger partial charge is 0.0552 e. The number of nitrogens with zero attached hydrogens (tertiary/aromatic N) is 2. The first-order valence-corrected chi connectivity index (χ1v) is 15.6. The molecule has 0 saturated carbocycles. The monoisotopic (exact) mass is 572 g/mol. The van der Waals surface area contributed by atoms with Crippen LogP contribution in [0, 0.1) is 0 Å². The summed E-state index contributed by atoms with van der Waals surface area (Å²) in [6.45, 7) is 3.35. The molecular formula is C42H40N2. The first-order valence-electron chi connectivity index (χ1n) is 15.6. The van der Waals surface area contributed by atoms with Gasteiger partial charge in [0.2, 0.25) is 0 Å². The molecule has 0 unspecified atom stereocenters. The van der Waals surface area contributed by atoms with Gasteiger partial charge in [0.15, 0.2) is 0 Å². The molecule has 2 nitrogen and oxygen atoms in total. The Hall–Kier alpha value is -4.76. The van der Waals surface area contributed by atoms with Crippen LogP contribution in [0.5, 0.6) is 0 Å². The van der Waals surface area contributed by atoms with E-state index < -0.39 is 0 Å². The summed E-state index contributed by atoms with van der Waals surface area (Å²) in [5.74, 6) is 0. The Morgan fingerprint density at radius 3 is 0.705 bits per heavy atom. The predicted octanol–water partition coefficient (Wildman–Crippen LogP) is 9.87. The predicted molar refractivity (Wildman–Crippen MR) is 183 cm³/mol. The molecule has 0 fully saturated rings. The van der Waals surface area contributed by atoms with Crippen LogP contribution in [-0.2, 0) is 26.2 Å². The number of hydrogen-bond donors (Lipinski definition) is 0. The van der Waals surface area contributed by atoms with Gasteiger partial charge in [-0.2, -0.15) is 0 Å². The lowest BCUT2D eigenvalue weighted by Crippen LogP contribution is -2.40. The van der Waals surface area contributed by atoms with Gasteiger partial charge in [0, 0.05) is 26.2 Å². The van der Waals surface area contributed by atoms with Crippen molar-refractivity contribution in [2.24, 2.45) is 0 Å². The van der Waals surface area contributed by atoms with E-state index in [1.807, 2.05) is 0 Å². The SMILES string of the molecule is c1ccc(CN(Cc2ccccc2)[C@H](c2ccccc2)[C@H](c2ccccc2)N(Cc2ccccc2)Cc2ccccc2)cc1. The molecular weight excluding hydrogens is 532 g/mol.